The van der Waals surface area contributed by atoms with Crippen LogP contribution in [0.2, 0.25) is 0 Å². The van der Waals surface area contributed by atoms with Gasteiger partial charge in [-0.15, -0.1) is 0 Å². The number of aryl methyl sites for hydroxylation is 1. The number of carbonyl (C=O) groups is 1. The molecule has 0 aromatic heterocycles. The molecule has 1 aromatic carbocycles. The molecule has 0 spiro atoms. The van der Waals surface area contributed by atoms with Gasteiger partial charge in [-0.05, 0) is 24.0 Å². The quantitative estimate of drug-likeness (QED) is 0.841. The summed E-state index contributed by atoms with van der Waals surface area (Å²) < 4.78 is 5.46. The Kier molecular flexibility index (Phi) is 6.87. The first-order valence-corrected chi connectivity index (χ1v) is 8.42. The van der Waals surface area contributed by atoms with E-state index in [1.807, 2.05) is 6.92 Å². The molecule has 4 nitrogen and oxygen atoms in total. The smallest absolute Gasteiger partial charge is 0.220 e. The van der Waals surface area contributed by atoms with Gasteiger partial charge in [0.25, 0.3) is 0 Å². The number of nitrogens with one attached hydrogen (secondary N) is 1. The lowest BCUT2D eigenvalue weighted by molar-refractivity contribution is -0.121. The molecule has 1 unspecified atom stereocenters. The van der Waals surface area contributed by atoms with Crippen LogP contribution in [0.3, 0.4) is 0 Å². The molecule has 1 aliphatic rings. The van der Waals surface area contributed by atoms with E-state index in [0.717, 1.165) is 39.1 Å². The van der Waals surface area contributed by atoms with Crippen molar-refractivity contribution in [3.63, 3.8) is 0 Å². The third-order valence-electron chi connectivity index (χ3n) is 4.23. The molecular weight excluding hydrogens is 276 g/mol. The fourth-order valence-corrected chi connectivity index (χ4v) is 2.85. The summed E-state index contributed by atoms with van der Waals surface area (Å²) in [7, 11) is 0. The van der Waals surface area contributed by atoms with Crippen molar-refractivity contribution in [2.75, 3.05) is 32.8 Å². The average Bonchev–Trinajstić information content (AvgIpc) is 2.57. The first-order valence-electron chi connectivity index (χ1n) is 8.42. The van der Waals surface area contributed by atoms with Gasteiger partial charge in [0.2, 0.25) is 5.91 Å². The Hall–Kier alpha value is -1.39. The van der Waals surface area contributed by atoms with E-state index in [0.29, 0.717) is 13.0 Å². The second kappa shape index (κ2) is 8.91. The van der Waals surface area contributed by atoms with Gasteiger partial charge < -0.3 is 10.1 Å². The van der Waals surface area contributed by atoms with Gasteiger partial charge >= 0.3 is 0 Å². The van der Waals surface area contributed by atoms with Gasteiger partial charge in [0, 0.05) is 26.1 Å². The lowest BCUT2D eigenvalue weighted by Crippen LogP contribution is -2.43. The number of amides is 1. The maximum absolute atomic E-state index is 11.8. The van der Waals surface area contributed by atoms with E-state index in [4.69, 9.17) is 4.74 Å². The summed E-state index contributed by atoms with van der Waals surface area (Å²) in [6.07, 6.45) is 2.54. The summed E-state index contributed by atoms with van der Waals surface area (Å²) >= 11 is 0. The Morgan fingerprint density at radius 1 is 1.23 bits per heavy atom. The van der Waals surface area contributed by atoms with E-state index in [1.165, 1.54) is 11.1 Å². The topological polar surface area (TPSA) is 41.6 Å². The van der Waals surface area contributed by atoms with Crippen molar-refractivity contribution >= 4 is 5.91 Å². The van der Waals surface area contributed by atoms with Gasteiger partial charge in [0.05, 0.1) is 19.3 Å². The third kappa shape index (κ3) is 4.82. The molecule has 1 amide bonds. The van der Waals surface area contributed by atoms with Crippen LogP contribution in [0.25, 0.3) is 0 Å². The van der Waals surface area contributed by atoms with Gasteiger partial charge in [-0.25, -0.2) is 0 Å². The molecule has 0 aliphatic carbocycles. The van der Waals surface area contributed by atoms with E-state index in [1.54, 1.807) is 0 Å². The highest BCUT2D eigenvalue weighted by Gasteiger charge is 2.23. The highest BCUT2D eigenvalue weighted by molar-refractivity contribution is 5.75. The normalized spacial score (nSPS) is 17.2. The summed E-state index contributed by atoms with van der Waals surface area (Å²) in [6, 6.07) is 9.01. The van der Waals surface area contributed by atoms with Crippen LogP contribution in [0.5, 0.6) is 0 Å². The average molecular weight is 304 g/mol. The SMILES string of the molecule is CCCC(=O)NCC(c1ccc(CC)cc1)N1CCOCC1. The van der Waals surface area contributed by atoms with Crippen molar-refractivity contribution < 1.29 is 9.53 Å². The molecule has 122 valence electrons. The van der Waals surface area contributed by atoms with Gasteiger partial charge in [0.1, 0.15) is 0 Å². The Bertz CT molecular complexity index is 453. The Morgan fingerprint density at radius 3 is 2.50 bits per heavy atom. The molecular formula is C18H28N2O2. The van der Waals surface area contributed by atoms with E-state index in [-0.39, 0.29) is 11.9 Å². The lowest BCUT2D eigenvalue weighted by Gasteiger charge is -2.35. The maximum Gasteiger partial charge on any atom is 0.220 e. The van der Waals surface area contributed by atoms with Crippen LogP contribution in [0.4, 0.5) is 0 Å². The second-order valence-corrected chi connectivity index (χ2v) is 5.81. The Morgan fingerprint density at radius 2 is 1.91 bits per heavy atom. The van der Waals surface area contributed by atoms with E-state index in [2.05, 4.69) is 41.4 Å². The molecule has 1 atom stereocenters. The van der Waals surface area contributed by atoms with Crippen LogP contribution >= 0.6 is 0 Å². The zero-order chi connectivity index (χ0) is 15.8. The number of rotatable bonds is 7. The number of carbonyl (C=O) groups excluding carboxylic acids is 1. The maximum atomic E-state index is 11.8. The highest BCUT2D eigenvalue weighted by atomic mass is 16.5. The molecule has 0 radical (unpaired) electrons. The molecule has 1 saturated heterocycles. The zero-order valence-corrected chi connectivity index (χ0v) is 13.8. The summed E-state index contributed by atoms with van der Waals surface area (Å²) in [6.45, 7) is 8.25. The minimum atomic E-state index is 0.144. The monoisotopic (exact) mass is 304 g/mol. The van der Waals surface area contributed by atoms with Crippen molar-refractivity contribution in [3.8, 4) is 0 Å². The van der Waals surface area contributed by atoms with Gasteiger partial charge in [-0.3, -0.25) is 9.69 Å². The zero-order valence-electron chi connectivity index (χ0n) is 13.8. The first-order chi connectivity index (χ1) is 10.7. The standard InChI is InChI=1S/C18H28N2O2/c1-3-5-18(21)19-14-17(20-10-12-22-13-11-20)16-8-6-15(4-2)7-9-16/h6-9,17H,3-5,10-14H2,1-2H3,(H,19,21). The Balaban J connectivity index is 2.07. The number of ether oxygens (including phenoxy) is 1. The molecule has 2 rings (SSSR count). The minimum Gasteiger partial charge on any atom is -0.379 e. The predicted octanol–water partition coefficient (Wildman–Crippen LogP) is 2.54. The molecule has 1 heterocycles. The summed E-state index contributed by atoms with van der Waals surface area (Å²) in [5.41, 5.74) is 2.62. The van der Waals surface area contributed by atoms with Crippen molar-refractivity contribution in [1.82, 2.24) is 10.2 Å². The number of morpholine rings is 1. The third-order valence-corrected chi connectivity index (χ3v) is 4.23. The minimum absolute atomic E-state index is 0.144. The van der Waals surface area contributed by atoms with Crippen molar-refractivity contribution in [2.45, 2.75) is 39.2 Å². The fourth-order valence-electron chi connectivity index (χ4n) is 2.85. The van der Waals surface area contributed by atoms with Crippen molar-refractivity contribution in [1.29, 1.82) is 0 Å². The van der Waals surface area contributed by atoms with Crippen LogP contribution < -0.4 is 5.32 Å². The van der Waals surface area contributed by atoms with E-state index in [9.17, 15) is 4.79 Å². The van der Waals surface area contributed by atoms with Crippen LogP contribution in [0.15, 0.2) is 24.3 Å². The van der Waals surface area contributed by atoms with Crippen LogP contribution in [0, 0.1) is 0 Å². The van der Waals surface area contributed by atoms with Crippen LogP contribution in [-0.2, 0) is 16.0 Å². The molecule has 0 bridgehead atoms. The molecule has 1 fully saturated rings. The first kappa shape index (κ1) is 17.0. The van der Waals surface area contributed by atoms with E-state index >= 15 is 0 Å². The van der Waals surface area contributed by atoms with Gasteiger partial charge in [-0.2, -0.15) is 0 Å². The number of nitrogens with zero attached hydrogens (tertiary/aromatic N) is 1. The van der Waals surface area contributed by atoms with Gasteiger partial charge in [-0.1, -0.05) is 38.1 Å². The lowest BCUT2D eigenvalue weighted by atomic mass is 10.0. The predicted molar refractivity (Wildman–Crippen MR) is 88.9 cm³/mol. The molecule has 22 heavy (non-hydrogen) atoms. The number of benzene rings is 1. The molecule has 1 aromatic rings. The van der Waals surface area contributed by atoms with Crippen molar-refractivity contribution in [2.24, 2.45) is 0 Å². The summed E-state index contributed by atoms with van der Waals surface area (Å²) in [4.78, 5) is 14.2. The second-order valence-electron chi connectivity index (χ2n) is 5.81. The largest absolute Gasteiger partial charge is 0.379 e. The molecule has 4 heteroatoms. The highest BCUT2D eigenvalue weighted by Crippen LogP contribution is 2.22. The molecule has 0 saturated carbocycles. The number of hydrogen-bond donors (Lipinski definition) is 1. The van der Waals surface area contributed by atoms with Crippen LogP contribution in [-0.4, -0.2) is 43.7 Å². The molecule has 1 N–H and O–H groups in total. The molecule has 1 aliphatic heterocycles. The van der Waals surface area contributed by atoms with Gasteiger partial charge in [0.15, 0.2) is 0 Å². The van der Waals surface area contributed by atoms with E-state index < -0.39 is 0 Å². The van der Waals surface area contributed by atoms with Crippen molar-refractivity contribution in [3.05, 3.63) is 35.4 Å². The number of hydrogen-bond acceptors (Lipinski definition) is 3. The Labute approximate surface area is 133 Å². The summed E-state index contributed by atoms with van der Waals surface area (Å²) in [5, 5.41) is 3.09. The summed E-state index contributed by atoms with van der Waals surface area (Å²) in [5.74, 6) is 0.144. The fraction of sp³-hybridized carbons (Fsp3) is 0.611. The van der Waals surface area contributed by atoms with Crippen LogP contribution in [0.1, 0.15) is 43.9 Å².